The monoisotopic (exact) mass is 231 g/mol. The molecule has 1 aromatic carbocycles. The van der Waals surface area contributed by atoms with E-state index in [9.17, 15) is 13.2 Å². The maximum Gasteiger partial charge on any atom is 0.416 e. The molecule has 88 valence electrons. The molecule has 0 bridgehead atoms. The number of piperazine rings is 1. The van der Waals surface area contributed by atoms with Crippen LogP contribution in [0, 0.1) is 0 Å². The Labute approximate surface area is 92.1 Å². The van der Waals surface area contributed by atoms with Gasteiger partial charge in [-0.1, -0.05) is 0 Å². The summed E-state index contributed by atoms with van der Waals surface area (Å²) in [6.07, 6.45) is -4.24. The first kappa shape index (κ1) is 11.3. The van der Waals surface area contributed by atoms with E-state index >= 15 is 0 Å². The maximum atomic E-state index is 12.3. The number of quaternary nitrogens is 1. The standard InChI is InChI=1S/C11H13F3N2/c12-11(13,14)9-1-3-10(4-2-9)16-7-5-15-6-8-16/h1-4,15H,5-8H2/p+1. The van der Waals surface area contributed by atoms with Gasteiger partial charge in [-0.2, -0.15) is 13.2 Å². The number of benzene rings is 1. The second-order valence-corrected chi connectivity index (χ2v) is 3.90. The van der Waals surface area contributed by atoms with Crippen LogP contribution in [-0.4, -0.2) is 26.2 Å². The highest BCUT2D eigenvalue weighted by atomic mass is 19.4. The molecule has 0 amide bonds. The fourth-order valence-electron chi connectivity index (χ4n) is 1.87. The van der Waals surface area contributed by atoms with E-state index < -0.39 is 11.7 Å². The minimum atomic E-state index is -4.24. The maximum absolute atomic E-state index is 12.3. The average molecular weight is 231 g/mol. The quantitative estimate of drug-likeness (QED) is 0.767. The SMILES string of the molecule is FC(F)(F)c1ccc(N2CC[NH2+]CC2)cc1. The first-order valence-corrected chi connectivity index (χ1v) is 5.31. The van der Waals surface area contributed by atoms with Gasteiger partial charge in [-0.05, 0) is 24.3 Å². The molecule has 1 heterocycles. The largest absolute Gasteiger partial charge is 0.416 e. The van der Waals surface area contributed by atoms with Crippen molar-refractivity contribution in [3.05, 3.63) is 29.8 Å². The average Bonchev–Trinajstić information content (AvgIpc) is 2.29. The zero-order chi connectivity index (χ0) is 11.6. The van der Waals surface area contributed by atoms with Crippen molar-refractivity contribution >= 4 is 5.69 Å². The van der Waals surface area contributed by atoms with Crippen molar-refractivity contribution in [2.45, 2.75) is 6.18 Å². The minimum Gasteiger partial charge on any atom is -0.360 e. The number of nitrogens with two attached hydrogens (primary N) is 1. The molecule has 0 atom stereocenters. The third-order valence-corrected chi connectivity index (χ3v) is 2.77. The van der Waals surface area contributed by atoms with Crippen LogP contribution in [0.3, 0.4) is 0 Å². The lowest BCUT2D eigenvalue weighted by atomic mass is 10.2. The number of hydrogen-bond acceptors (Lipinski definition) is 1. The second kappa shape index (κ2) is 4.33. The van der Waals surface area contributed by atoms with Gasteiger partial charge in [-0.15, -0.1) is 0 Å². The first-order chi connectivity index (χ1) is 7.57. The molecule has 0 spiro atoms. The number of halogens is 3. The van der Waals surface area contributed by atoms with Gasteiger partial charge in [0, 0.05) is 5.69 Å². The molecule has 1 aromatic rings. The van der Waals surface area contributed by atoms with E-state index in [1.165, 1.54) is 0 Å². The number of nitrogens with zero attached hydrogens (tertiary/aromatic N) is 1. The van der Waals surface area contributed by atoms with Crippen LogP contribution in [0.5, 0.6) is 0 Å². The van der Waals surface area contributed by atoms with Crippen molar-refractivity contribution in [3.8, 4) is 0 Å². The Morgan fingerprint density at radius 2 is 1.56 bits per heavy atom. The molecule has 1 saturated heterocycles. The van der Waals surface area contributed by atoms with Crippen LogP contribution in [0.15, 0.2) is 24.3 Å². The highest BCUT2D eigenvalue weighted by Gasteiger charge is 2.30. The predicted molar refractivity (Wildman–Crippen MR) is 55.3 cm³/mol. The number of hydrogen-bond donors (Lipinski definition) is 1. The van der Waals surface area contributed by atoms with E-state index in [1.807, 2.05) is 0 Å². The molecule has 0 aromatic heterocycles. The molecule has 1 fully saturated rings. The molecule has 1 aliphatic rings. The third-order valence-electron chi connectivity index (χ3n) is 2.77. The zero-order valence-electron chi connectivity index (χ0n) is 8.80. The van der Waals surface area contributed by atoms with Crippen molar-refractivity contribution in [1.82, 2.24) is 0 Å². The van der Waals surface area contributed by atoms with Crippen molar-refractivity contribution < 1.29 is 18.5 Å². The minimum absolute atomic E-state index is 0.583. The number of rotatable bonds is 1. The third kappa shape index (κ3) is 2.47. The van der Waals surface area contributed by atoms with Crippen LogP contribution < -0.4 is 10.2 Å². The summed E-state index contributed by atoms with van der Waals surface area (Å²) in [6.45, 7) is 3.79. The highest BCUT2D eigenvalue weighted by molar-refractivity contribution is 5.48. The van der Waals surface area contributed by atoms with Gasteiger partial charge in [0.1, 0.15) is 0 Å². The molecule has 16 heavy (non-hydrogen) atoms. The molecule has 1 aliphatic heterocycles. The summed E-state index contributed by atoms with van der Waals surface area (Å²) in [5.74, 6) is 0. The molecule has 2 nitrogen and oxygen atoms in total. The van der Waals surface area contributed by atoms with E-state index in [1.54, 1.807) is 12.1 Å². The fraction of sp³-hybridized carbons (Fsp3) is 0.455. The Balaban J connectivity index is 2.12. The first-order valence-electron chi connectivity index (χ1n) is 5.31. The van der Waals surface area contributed by atoms with Crippen LogP contribution in [0.2, 0.25) is 0 Å². The van der Waals surface area contributed by atoms with Crippen LogP contribution >= 0.6 is 0 Å². The second-order valence-electron chi connectivity index (χ2n) is 3.90. The lowest BCUT2D eigenvalue weighted by Gasteiger charge is -2.27. The molecule has 2 N–H and O–H groups in total. The van der Waals surface area contributed by atoms with Crippen molar-refractivity contribution in [2.24, 2.45) is 0 Å². The molecular formula is C11H14F3N2+. The predicted octanol–water partition coefficient (Wildman–Crippen LogP) is 1.09. The Kier molecular flexibility index (Phi) is 3.05. The summed E-state index contributed by atoms with van der Waals surface area (Å²) in [4.78, 5) is 2.11. The Morgan fingerprint density at radius 3 is 2.06 bits per heavy atom. The van der Waals surface area contributed by atoms with Gasteiger partial charge in [0.25, 0.3) is 0 Å². The van der Waals surface area contributed by atoms with Crippen molar-refractivity contribution in [3.63, 3.8) is 0 Å². The molecular weight excluding hydrogens is 217 g/mol. The van der Waals surface area contributed by atoms with Crippen molar-refractivity contribution in [2.75, 3.05) is 31.1 Å². The topological polar surface area (TPSA) is 19.9 Å². The van der Waals surface area contributed by atoms with Gasteiger partial charge >= 0.3 is 6.18 Å². The summed E-state index contributed by atoms with van der Waals surface area (Å²) in [5.41, 5.74) is 0.293. The summed E-state index contributed by atoms with van der Waals surface area (Å²) in [5, 5.41) is 2.21. The lowest BCUT2D eigenvalue weighted by Crippen LogP contribution is -2.89. The summed E-state index contributed by atoms with van der Waals surface area (Å²) in [7, 11) is 0. The molecule has 0 unspecified atom stereocenters. The summed E-state index contributed by atoms with van der Waals surface area (Å²) >= 11 is 0. The molecule has 0 radical (unpaired) electrons. The lowest BCUT2D eigenvalue weighted by molar-refractivity contribution is -0.655. The van der Waals surface area contributed by atoms with E-state index in [0.29, 0.717) is 0 Å². The Hall–Kier alpha value is -1.23. The van der Waals surface area contributed by atoms with Crippen molar-refractivity contribution in [1.29, 1.82) is 0 Å². The van der Waals surface area contributed by atoms with Gasteiger partial charge in [0.15, 0.2) is 0 Å². The Bertz CT molecular complexity index is 339. The molecule has 0 saturated carbocycles. The summed E-state index contributed by atoms with van der Waals surface area (Å²) in [6, 6.07) is 5.39. The Morgan fingerprint density at radius 1 is 1.00 bits per heavy atom. The van der Waals surface area contributed by atoms with E-state index in [-0.39, 0.29) is 0 Å². The van der Waals surface area contributed by atoms with E-state index in [4.69, 9.17) is 0 Å². The van der Waals surface area contributed by atoms with Crippen LogP contribution in [0.4, 0.5) is 18.9 Å². The van der Waals surface area contributed by atoms with E-state index in [2.05, 4.69) is 10.2 Å². The van der Waals surface area contributed by atoms with Crippen LogP contribution in [-0.2, 0) is 6.18 Å². The molecule has 5 heteroatoms. The van der Waals surface area contributed by atoms with Gasteiger partial charge < -0.3 is 10.2 Å². The van der Waals surface area contributed by atoms with Gasteiger partial charge in [-0.3, -0.25) is 0 Å². The summed E-state index contributed by atoms with van der Waals surface area (Å²) < 4.78 is 37.0. The van der Waals surface area contributed by atoms with Gasteiger partial charge in [-0.25, -0.2) is 0 Å². The van der Waals surface area contributed by atoms with Gasteiger partial charge in [0.05, 0.1) is 31.7 Å². The van der Waals surface area contributed by atoms with Gasteiger partial charge in [0.2, 0.25) is 0 Å². The zero-order valence-corrected chi connectivity index (χ0v) is 8.80. The van der Waals surface area contributed by atoms with E-state index in [0.717, 1.165) is 44.0 Å². The normalized spacial score (nSPS) is 17.6. The number of anilines is 1. The van der Waals surface area contributed by atoms with Crippen LogP contribution in [0.1, 0.15) is 5.56 Å². The van der Waals surface area contributed by atoms with Crippen LogP contribution in [0.25, 0.3) is 0 Å². The highest BCUT2D eigenvalue weighted by Crippen LogP contribution is 2.30. The number of alkyl halides is 3. The smallest absolute Gasteiger partial charge is 0.360 e. The molecule has 0 aliphatic carbocycles. The molecule has 2 rings (SSSR count). The fourth-order valence-corrected chi connectivity index (χ4v) is 1.87.